The van der Waals surface area contributed by atoms with Crippen LogP contribution in [0.3, 0.4) is 0 Å². The van der Waals surface area contributed by atoms with Crippen LogP contribution in [0.4, 0.5) is 0 Å². The number of aliphatic hydroxyl groups is 2. The molecule has 0 fully saturated rings. The second-order valence-corrected chi connectivity index (χ2v) is 31.3. The van der Waals surface area contributed by atoms with Crippen LogP contribution in [-0.4, -0.2) is 47.4 Å². The molecule has 0 aromatic rings. The zero-order chi connectivity index (χ0) is 68.4. The van der Waals surface area contributed by atoms with E-state index < -0.39 is 12.1 Å². The van der Waals surface area contributed by atoms with Crippen LogP contribution < -0.4 is 5.32 Å². The summed E-state index contributed by atoms with van der Waals surface area (Å²) in [7, 11) is 0. The number of hydrogen-bond donors (Lipinski definition) is 3. The van der Waals surface area contributed by atoms with Gasteiger partial charge < -0.3 is 20.3 Å². The lowest BCUT2D eigenvalue weighted by atomic mass is 10.0. The first-order chi connectivity index (χ1) is 47.0. The molecule has 0 aliphatic rings. The second kappa shape index (κ2) is 85.3. The van der Waals surface area contributed by atoms with E-state index in [4.69, 9.17) is 4.74 Å². The highest BCUT2D eigenvalue weighted by atomic mass is 16.5. The van der Waals surface area contributed by atoms with Gasteiger partial charge in [-0.1, -0.05) is 495 Å². The smallest absolute Gasteiger partial charge is 0.305 e. The molecule has 0 heterocycles. The summed E-state index contributed by atoms with van der Waals surface area (Å²) in [6, 6.07) is -0.537. The van der Waals surface area contributed by atoms with Crippen molar-refractivity contribution >= 4 is 11.9 Å². The molecule has 2 atom stereocenters. The Hall–Kier alpha value is -1.14. The highest BCUT2D eigenvalue weighted by molar-refractivity contribution is 5.76. The van der Waals surface area contributed by atoms with Gasteiger partial charge in [-0.3, -0.25) is 9.59 Å². The van der Waals surface area contributed by atoms with E-state index in [-0.39, 0.29) is 18.5 Å². The molecule has 6 nitrogen and oxygen atoms in total. The van der Waals surface area contributed by atoms with Crippen LogP contribution in [-0.2, 0) is 14.3 Å². The topological polar surface area (TPSA) is 95.9 Å². The van der Waals surface area contributed by atoms with Crippen LogP contribution in [0, 0.1) is 0 Å². The minimum atomic E-state index is -0.661. The quantitative estimate of drug-likeness (QED) is 0.0417. The molecule has 2 unspecified atom stereocenters. The summed E-state index contributed by atoms with van der Waals surface area (Å²) in [6.07, 6.45) is 108. The molecular weight excluding hydrogens is 1160 g/mol. The second-order valence-electron chi connectivity index (χ2n) is 31.3. The molecule has 1 amide bonds. The number of hydrogen-bond acceptors (Lipinski definition) is 5. The third-order valence-electron chi connectivity index (χ3n) is 21.7. The number of unbranched alkanes of at least 4 members (excludes halogenated alkanes) is 75. The molecule has 568 valence electrons. The Morgan fingerprint density at radius 3 is 0.642 bits per heavy atom. The molecular formula is C89H177NO5. The van der Waals surface area contributed by atoms with Crippen LogP contribution in [0.25, 0.3) is 0 Å². The summed E-state index contributed by atoms with van der Waals surface area (Å²) in [5.74, 6) is 0.00739. The standard InChI is InChI=1S/C89H177NO5/c1-3-5-7-9-11-13-15-17-19-21-22-23-41-44-47-50-53-57-61-65-69-73-77-81-87(92)86(85-91)90-88(93)82-78-74-70-66-62-58-54-51-48-45-42-39-37-35-33-31-29-27-25-24-26-28-30-32-34-36-38-40-43-46-49-52-56-60-64-68-72-76-80-84-95-89(94)83-79-75-71-67-63-59-55-20-18-16-14-12-10-8-6-4-2/h86-87,91-92H,3-85H2,1-2H3,(H,90,93). The first-order valence-corrected chi connectivity index (χ1v) is 44.8. The average molecular weight is 1340 g/mol. The van der Waals surface area contributed by atoms with E-state index >= 15 is 0 Å². The highest BCUT2D eigenvalue weighted by Crippen LogP contribution is 2.22. The Balaban J connectivity index is 3.29. The molecule has 0 bridgehead atoms. The Morgan fingerprint density at radius 2 is 0.432 bits per heavy atom. The van der Waals surface area contributed by atoms with Gasteiger partial charge in [-0.25, -0.2) is 0 Å². The van der Waals surface area contributed by atoms with Crippen molar-refractivity contribution < 1.29 is 24.5 Å². The van der Waals surface area contributed by atoms with Gasteiger partial charge in [0.2, 0.25) is 5.91 Å². The fourth-order valence-corrected chi connectivity index (χ4v) is 14.9. The van der Waals surface area contributed by atoms with Gasteiger partial charge in [0, 0.05) is 12.8 Å². The summed E-state index contributed by atoms with van der Waals surface area (Å²) in [6.45, 7) is 5.03. The molecule has 0 saturated heterocycles. The van der Waals surface area contributed by atoms with Crippen molar-refractivity contribution in [1.82, 2.24) is 5.32 Å². The number of amides is 1. The van der Waals surface area contributed by atoms with Gasteiger partial charge in [0.15, 0.2) is 0 Å². The Labute approximate surface area is 597 Å². The molecule has 0 aromatic carbocycles. The van der Waals surface area contributed by atoms with Gasteiger partial charge in [0.05, 0.1) is 25.4 Å². The monoisotopic (exact) mass is 1340 g/mol. The first-order valence-electron chi connectivity index (χ1n) is 44.8. The molecule has 0 spiro atoms. The SMILES string of the molecule is CCCCCCCCCCCCCCCCCCCCCCCCCC(O)C(CO)NC(=O)CCCCCCCCCCCCCCCCCCCCCCCCCCCCCCCCCCCCCCCCCOC(=O)CCCCCCCCCCCCCCCCCC. The van der Waals surface area contributed by atoms with E-state index in [0.717, 1.165) is 38.5 Å². The fraction of sp³-hybridized carbons (Fsp3) is 0.978. The van der Waals surface area contributed by atoms with Gasteiger partial charge in [0.1, 0.15) is 0 Å². The van der Waals surface area contributed by atoms with Crippen molar-refractivity contribution in [3.8, 4) is 0 Å². The number of ether oxygens (including phenoxy) is 1. The third-order valence-corrected chi connectivity index (χ3v) is 21.7. The number of esters is 1. The number of carbonyl (C=O) groups is 2. The van der Waals surface area contributed by atoms with E-state index in [1.54, 1.807) is 0 Å². The molecule has 95 heavy (non-hydrogen) atoms. The van der Waals surface area contributed by atoms with E-state index in [1.807, 2.05) is 0 Å². The average Bonchev–Trinajstić information content (AvgIpc) is 2.65. The molecule has 0 aliphatic carbocycles. The number of carbonyl (C=O) groups excluding carboxylic acids is 2. The lowest BCUT2D eigenvalue weighted by Crippen LogP contribution is -2.45. The minimum Gasteiger partial charge on any atom is -0.466 e. The summed E-state index contributed by atoms with van der Waals surface area (Å²) < 4.78 is 5.52. The van der Waals surface area contributed by atoms with Crippen molar-refractivity contribution in [3.63, 3.8) is 0 Å². The predicted molar refractivity (Wildman–Crippen MR) is 421 cm³/mol. The Morgan fingerprint density at radius 1 is 0.253 bits per heavy atom. The van der Waals surface area contributed by atoms with Crippen molar-refractivity contribution in [1.29, 1.82) is 0 Å². The summed E-state index contributed by atoms with van der Waals surface area (Å²) in [4.78, 5) is 24.7. The fourth-order valence-electron chi connectivity index (χ4n) is 14.9. The van der Waals surface area contributed by atoms with Crippen molar-refractivity contribution in [2.24, 2.45) is 0 Å². The van der Waals surface area contributed by atoms with Gasteiger partial charge in [-0.15, -0.1) is 0 Å². The normalized spacial score (nSPS) is 12.3. The molecule has 6 heteroatoms. The van der Waals surface area contributed by atoms with Crippen molar-refractivity contribution in [2.75, 3.05) is 13.2 Å². The zero-order valence-electron chi connectivity index (χ0n) is 65.5. The maximum absolute atomic E-state index is 12.6. The highest BCUT2D eigenvalue weighted by Gasteiger charge is 2.20. The van der Waals surface area contributed by atoms with E-state index in [1.165, 1.54) is 462 Å². The maximum atomic E-state index is 12.6. The van der Waals surface area contributed by atoms with Gasteiger partial charge >= 0.3 is 5.97 Å². The van der Waals surface area contributed by atoms with E-state index in [0.29, 0.717) is 25.9 Å². The third kappa shape index (κ3) is 81.7. The molecule has 0 rings (SSSR count). The van der Waals surface area contributed by atoms with Crippen LogP contribution in [0.1, 0.15) is 534 Å². The molecule has 0 aliphatic heterocycles. The van der Waals surface area contributed by atoms with Crippen LogP contribution >= 0.6 is 0 Å². The molecule has 0 saturated carbocycles. The Bertz CT molecular complexity index is 1410. The summed E-state index contributed by atoms with van der Waals surface area (Å²) in [5, 5.41) is 23.5. The van der Waals surface area contributed by atoms with Gasteiger partial charge in [0.25, 0.3) is 0 Å². The van der Waals surface area contributed by atoms with Crippen LogP contribution in [0.15, 0.2) is 0 Å². The minimum absolute atomic E-state index is 0.0218. The first kappa shape index (κ1) is 93.9. The van der Waals surface area contributed by atoms with Crippen LogP contribution in [0.5, 0.6) is 0 Å². The van der Waals surface area contributed by atoms with E-state index in [2.05, 4.69) is 19.2 Å². The summed E-state index contributed by atoms with van der Waals surface area (Å²) >= 11 is 0. The number of rotatable bonds is 86. The largest absolute Gasteiger partial charge is 0.466 e. The number of nitrogens with one attached hydrogen (secondary N) is 1. The maximum Gasteiger partial charge on any atom is 0.305 e. The van der Waals surface area contributed by atoms with E-state index in [9.17, 15) is 19.8 Å². The van der Waals surface area contributed by atoms with Gasteiger partial charge in [-0.2, -0.15) is 0 Å². The van der Waals surface area contributed by atoms with Crippen molar-refractivity contribution in [2.45, 2.75) is 546 Å². The zero-order valence-corrected chi connectivity index (χ0v) is 65.5. The van der Waals surface area contributed by atoms with Crippen LogP contribution in [0.2, 0.25) is 0 Å². The summed E-state index contributed by atoms with van der Waals surface area (Å²) in [5.41, 5.74) is 0. The number of aliphatic hydroxyl groups excluding tert-OH is 2. The Kier molecular flexibility index (Phi) is 84.2. The molecule has 0 aromatic heterocycles. The van der Waals surface area contributed by atoms with Crippen molar-refractivity contribution in [3.05, 3.63) is 0 Å². The molecule has 0 radical (unpaired) electrons. The lowest BCUT2D eigenvalue weighted by Gasteiger charge is -2.22. The van der Waals surface area contributed by atoms with Gasteiger partial charge in [-0.05, 0) is 25.7 Å². The lowest BCUT2D eigenvalue weighted by molar-refractivity contribution is -0.143. The molecule has 3 N–H and O–H groups in total. The predicted octanol–water partition coefficient (Wildman–Crippen LogP) is 30.0.